The van der Waals surface area contributed by atoms with Crippen LogP contribution in [-0.4, -0.2) is 28.3 Å². The molecule has 112 valence electrons. The number of anilines is 1. The van der Waals surface area contributed by atoms with Crippen molar-refractivity contribution in [3.8, 4) is 5.88 Å². The standard InChI is InChI=1S/C17H18N4O/c1-22-17-7-2-4-12(19-17)11-21(13-8-9-13)16-6-3-5-15-14(16)10-18-20-15/h2-7,10,13H,8-9,11H2,1H3,(H,18,20). The Hall–Kier alpha value is -2.56. The van der Waals surface area contributed by atoms with E-state index in [1.807, 2.05) is 24.4 Å². The van der Waals surface area contributed by atoms with Crippen LogP contribution in [0.2, 0.25) is 0 Å². The van der Waals surface area contributed by atoms with E-state index in [1.165, 1.54) is 18.5 Å². The summed E-state index contributed by atoms with van der Waals surface area (Å²) in [5.41, 5.74) is 3.31. The minimum atomic E-state index is 0.591. The summed E-state index contributed by atoms with van der Waals surface area (Å²) in [6.07, 6.45) is 4.37. The summed E-state index contributed by atoms with van der Waals surface area (Å²) in [5, 5.41) is 8.38. The Bertz CT molecular complexity index is 794. The molecule has 3 aromatic rings. The molecule has 0 atom stereocenters. The molecule has 0 unspecified atom stereocenters. The van der Waals surface area contributed by atoms with Crippen molar-refractivity contribution >= 4 is 16.6 Å². The molecule has 4 rings (SSSR count). The SMILES string of the molecule is COc1cccc(CN(c2cccc3[nH]ncc23)C2CC2)n1. The molecular weight excluding hydrogens is 276 g/mol. The van der Waals surface area contributed by atoms with E-state index < -0.39 is 0 Å². The lowest BCUT2D eigenvalue weighted by Crippen LogP contribution is -2.25. The molecule has 1 aliphatic carbocycles. The number of hydrogen-bond acceptors (Lipinski definition) is 4. The van der Waals surface area contributed by atoms with Gasteiger partial charge in [0.1, 0.15) is 0 Å². The Morgan fingerprint density at radius 3 is 2.91 bits per heavy atom. The molecular formula is C17H18N4O. The highest BCUT2D eigenvalue weighted by molar-refractivity contribution is 5.91. The van der Waals surface area contributed by atoms with Crippen LogP contribution in [0.25, 0.3) is 10.9 Å². The van der Waals surface area contributed by atoms with E-state index in [4.69, 9.17) is 4.74 Å². The first kappa shape index (κ1) is 13.1. The van der Waals surface area contributed by atoms with Crippen LogP contribution in [0.4, 0.5) is 5.69 Å². The molecule has 0 spiro atoms. The van der Waals surface area contributed by atoms with E-state index in [0.717, 1.165) is 23.1 Å². The summed E-state index contributed by atoms with van der Waals surface area (Å²) < 4.78 is 5.23. The quantitative estimate of drug-likeness (QED) is 0.785. The van der Waals surface area contributed by atoms with Crippen molar-refractivity contribution in [3.63, 3.8) is 0 Å². The van der Waals surface area contributed by atoms with Gasteiger partial charge in [-0.2, -0.15) is 5.10 Å². The van der Waals surface area contributed by atoms with Gasteiger partial charge in [-0.3, -0.25) is 5.10 Å². The zero-order valence-electron chi connectivity index (χ0n) is 12.5. The molecule has 0 bridgehead atoms. The second-order valence-corrected chi connectivity index (χ2v) is 5.64. The number of fused-ring (bicyclic) bond motifs is 1. The molecule has 5 nitrogen and oxygen atoms in total. The number of nitrogens with zero attached hydrogens (tertiary/aromatic N) is 3. The molecule has 1 saturated carbocycles. The first-order chi connectivity index (χ1) is 10.8. The van der Waals surface area contributed by atoms with Gasteiger partial charge in [-0.15, -0.1) is 0 Å². The second-order valence-electron chi connectivity index (χ2n) is 5.64. The number of rotatable bonds is 5. The zero-order valence-corrected chi connectivity index (χ0v) is 12.5. The van der Waals surface area contributed by atoms with Crippen LogP contribution < -0.4 is 9.64 Å². The van der Waals surface area contributed by atoms with E-state index in [1.54, 1.807) is 7.11 Å². The third-order valence-corrected chi connectivity index (χ3v) is 4.08. The predicted octanol–water partition coefficient (Wildman–Crippen LogP) is 3.14. The summed E-state index contributed by atoms with van der Waals surface area (Å²) >= 11 is 0. The van der Waals surface area contributed by atoms with Crippen molar-refractivity contribution in [1.29, 1.82) is 0 Å². The predicted molar refractivity (Wildman–Crippen MR) is 86.1 cm³/mol. The van der Waals surface area contributed by atoms with E-state index in [9.17, 15) is 0 Å². The number of methoxy groups -OCH3 is 1. The molecule has 0 saturated heterocycles. The minimum Gasteiger partial charge on any atom is -0.481 e. The number of pyridine rings is 1. The molecule has 1 fully saturated rings. The lowest BCUT2D eigenvalue weighted by Gasteiger charge is -2.25. The highest BCUT2D eigenvalue weighted by Gasteiger charge is 2.30. The van der Waals surface area contributed by atoms with E-state index in [0.29, 0.717) is 11.9 Å². The van der Waals surface area contributed by atoms with Gasteiger partial charge in [-0.1, -0.05) is 12.1 Å². The number of ether oxygens (including phenoxy) is 1. The number of hydrogen-bond donors (Lipinski definition) is 1. The summed E-state index contributed by atoms with van der Waals surface area (Å²) in [7, 11) is 1.65. The summed E-state index contributed by atoms with van der Waals surface area (Å²) in [5.74, 6) is 0.662. The molecule has 1 aliphatic rings. The molecule has 2 heterocycles. The lowest BCUT2D eigenvalue weighted by atomic mass is 10.2. The molecule has 5 heteroatoms. The van der Waals surface area contributed by atoms with E-state index in [-0.39, 0.29) is 0 Å². The molecule has 0 amide bonds. The molecule has 0 aliphatic heterocycles. The highest BCUT2D eigenvalue weighted by atomic mass is 16.5. The monoisotopic (exact) mass is 294 g/mol. The maximum atomic E-state index is 5.23. The van der Waals surface area contributed by atoms with Gasteiger partial charge in [0.2, 0.25) is 5.88 Å². The Balaban J connectivity index is 1.70. The van der Waals surface area contributed by atoms with Crippen LogP contribution in [0.3, 0.4) is 0 Å². The normalized spacial score (nSPS) is 14.2. The average Bonchev–Trinajstić information content (AvgIpc) is 3.29. The van der Waals surface area contributed by atoms with E-state index in [2.05, 4.69) is 38.3 Å². The topological polar surface area (TPSA) is 54.0 Å². The van der Waals surface area contributed by atoms with Crippen molar-refractivity contribution in [3.05, 3.63) is 48.3 Å². The van der Waals surface area contributed by atoms with Crippen molar-refractivity contribution in [2.75, 3.05) is 12.0 Å². The summed E-state index contributed by atoms with van der Waals surface area (Å²) in [4.78, 5) is 6.98. The van der Waals surface area contributed by atoms with Crippen LogP contribution in [-0.2, 0) is 6.54 Å². The van der Waals surface area contributed by atoms with Gasteiger partial charge in [-0.05, 0) is 31.0 Å². The van der Waals surface area contributed by atoms with Crippen molar-refractivity contribution in [2.45, 2.75) is 25.4 Å². The van der Waals surface area contributed by atoms with Gasteiger partial charge in [-0.25, -0.2) is 4.98 Å². The number of aromatic nitrogens is 3. The van der Waals surface area contributed by atoms with Crippen molar-refractivity contribution in [1.82, 2.24) is 15.2 Å². The fourth-order valence-electron chi connectivity index (χ4n) is 2.83. The average molecular weight is 294 g/mol. The number of benzene rings is 1. The second kappa shape index (κ2) is 5.33. The first-order valence-electron chi connectivity index (χ1n) is 7.54. The summed E-state index contributed by atoms with van der Waals surface area (Å²) in [6.45, 7) is 0.784. The van der Waals surface area contributed by atoms with Crippen LogP contribution in [0.1, 0.15) is 18.5 Å². The Labute approximate surface area is 128 Å². The fourth-order valence-corrected chi connectivity index (χ4v) is 2.83. The maximum Gasteiger partial charge on any atom is 0.213 e. The Kier molecular flexibility index (Phi) is 3.18. The zero-order chi connectivity index (χ0) is 14.9. The molecule has 1 N–H and O–H groups in total. The molecule has 1 aromatic carbocycles. The van der Waals surface area contributed by atoms with Crippen LogP contribution >= 0.6 is 0 Å². The Morgan fingerprint density at radius 1 is 1.23 bits per heavy atom. The first-order valence-corrected chi connectivity index (χ1v) is 7.54. The van der Waals surface area contributed by atoms with E-state index >= 15 is 0 Å². The number of aromatic amines is 1. The molecule has 0 radical (unpaired) electrons. The van der Waals surface area contributed by atoms with Gasteiger partial charge in [0.15, 0.2) is 0 Å². The highest BCUT2D eigenvalue weighted by Crippen LogP contribution is 2.36. The largest absolute Gasteiger partial charge is 0.481 e. The van der Waals surface area contributed by atoms with Gasteiger partial charge in [0.25, 0.3) is 0 Å². The third-order valence-electron chi connectivity index (χ3n) is 4.08. The van der Waals surface area contributed by atoms with Crippen LogP contribution in [0, 0.1) is 0 Å². The van der Waals surface area contributed by atoms with Crippen molar-refractivity contribution < 1.29 is 4.74 Å². The van der Waals surface area contributed by atoms with Crippen LogP contribution in [0.5, 0.6) is 5.88 Å². The molecule has 22 heavy (non-hydrogen) atoms. The minimum absolute atomic E-state index is 0.591. The van der Waals surface area contributed by atoms with Gasteiger partial charge >= 0.3 is 0 Å². The van der Waals surface area contributed by atoms with Gasteiger partial charge in [0, 0.05) is 23.2 Å². The summed E-state index contributed by atoms with van der Waals surface area (Å²) in [6, 6.07) is 12.8. The fraction of sp³-hybridized carbons (Fsp3) is 0.294. The molecule has 2 aromatic heterocycles. The van der Waals surface area contributed by atoms with Gasteiger partial charge in [0.05, 0.1) is 31.1 Å². The number of nitrogens with one attached hydrogen (secondary N) is 1. The lowest BCUT2D eigenvalue weighted by molar-refractivity contribution is 0.396. The smallest absolute Gasteiger partial charge is 0.213 e. The number of H-pyrrole nitrogens is 1. The van der Waals surface area contributed by atoms with Crippen LogP contribution in [0.15, 0.2) is 42.6 Å². The maximum absolute atomic E-state index is 5.23. The third kappa shape index (κ3) is 2.39. The Morgan fingerprint density at radius 2 is 2.09 bits per heavy atom. The van der Waals surface area contributed by atoms with Crippen molar-refractivity contribution in [2.24, 2.45) is 0 Å². The van der Waals surface area contributed by atoms with Gasteiger partial charge < -0.3 is 9.64 Å².